The van der Waals surface area contributed by atoms with Gasteiger partial charge in [0.2, 0.25) is 0 Å². The third-order valence-electron chi connectivity index (χ3n) is 4.41. The number of ether oxygens (including phenoxy) is 3. The lowest BCUT2D eigenvalue weighted by atomic mass is 9.94. The highest BCUT2D eigenvalue weighted by atomic mass is 16.6. The molecule has 2 unspecified atom stereocenters. The van der Waals surface area contributed by atoms with E-state index in [1.54, 1.807) is 7.11 Å². The second kappa shape index (κ2) is 10.8. The molecule has 1 aliphatic carbocycles. The minimum Gasteiger partial charge on any atom is -0.457 e. The van der Waals surface area contributed by atoms with E-state index in [4.69, 9.17) is 14.2 Å². The first-order valence-corrected chi connectivity index (χ1v) is 8.62. The number of hydrogen-bond donors (Lipinski definition) is 0. The van der Waals surface area contributed by atoms with E-state index in [1.807, 2.05) is 6.92 Å². The van der Waals surface area contributed by atoms with Crippen molar-refractivity contribution in [3.05, 3.63) is 12.7 Å². The predicted molar refractivity (Wildman–Crippen MR) is 87.8 cm³/mol. The van der Waals surface area contributed by atoms with E-state index in [1.165, 1.54) is 18.9 Å². The second-order valence-corrected chi connectivity index (χ2v) is 6.15. The summed E-state index contributed by atoms with van der Waals surface area (Å²) in [7, 11) is 1.77. The molecule has 1 saturated carbocycles. The van der Waals surface area contributed by atoms with Crippen LogP contribution in [0.4, 0.5) is 0 Å². The monoisotopic (exact) mass is 312 g/mol. The number of carbonyl (C=O) groups is 1. The van der Waals surface area contributed by atoms with Gasteiger partial charge in [0.25, 0.3) is 0 Å². The van der Waals surface area contributed by atoms with Gasteiger partial charge in [-0.05, 0) is 39.0 Å². The van der Waals surface area contributed by atoms with Crippen LogP contribution in [0.1, 0.15) is 65.2 Å². The Balaban J connectivity index is 2.49. The van der Waals surface area contributed by atoms with Crippen LogP contribution in [0.2, 0.25) is 0 Å². The smallest absolute Gasteiger partial charge is 0.330 e. The molecule has 0 bridgehead atoms. The molecule has 0 saturated heterocycles. The Hall–Kier alpha value is -0.870. The average molecular weight is 312 g/mol. The van der Waals surface area contributed by atoms with Gasteiger partial charge >= 0.3 is 5.97 Å². The summed E-state index contributed by atoms with van der Waals surface area (Å²) in [6.45, 7) is 7.55. The van der Waals surface area contributed by atoms with E-state index < -0.39 is 0 Å². The van der Waals surface area contributed by atoms with Crippen molar-refractivity contribution in [1.82, 2.24) is 0 Å². The van der Waals surface area contributed by atoms with Gasteiger partial charge in [-0.15, -0.1) is 0 Å². The molecule has 1 aliphatic rings. The molecule has 0 N–H and O–H groups in total. The van der Waals surface area contributed by atoms with Crippen LogP contribution in [-0.2, 0) is 19.0 Å². The van der Waals surface area contributed by atoms with E-state index in [2.05, 4.69) is 13.5 Å². The summed E-state index contributed by atoms with van der Waals surface area (Å²) in [5.41, 5.74) is 0. The van der Waals surface area contributed by atoms with E-state index in [9.17, 15) is 4.79 Å². The Kier molecular flexibility index (Phi) is 9.41. The maximum atomic E-state index is 11.4. The van der Waals surface area contributed by atoms with Crippen molar-refractivity contribution in [3.8, 4) is 0 Å². The summed E-state index contributed by atoms with van der Waals surface area (Å²) in [6.07, 6.45) is 10.1. The number of hydrogen-bond acceptors (Lipinski definition) is 4. The molecule has 0 spiro atoms. The van der Waals surface area contributed by atoms with Crippen LogP contribution in [0.3, 0.4) is 0 Å². The summed E-state index contributed by atoms with van der Waals surface area (Å²) < 4.78 is 17.0. The minimum absolute atomic E-state index is 0.0282. The average Bonchev–Trinajstić information content (AvgIpc) is 2.54. The van der Waals surface area contributed by atoms with E-state index in [0.717, 1.165) is 38.5 Å². The number of unbranched alkanes of at least 4 members (excludes halogenated alkanes) is 2. The molecule has 0 heterocycles. The fourth-order valence-electron chi connectivity index (χ4n) is 2.97. The van der Waals surface area contributed by atoms with Crippen molar-refractivity contribution >= 4 is 5.97 Å². The molecule has 1 fully saturated rings. The molecule has 0 amide bonds. The Morgan fingerprint density at radius 1 is 1.23 bits per heavy atom. The van der Waals surface area contributed by atoms with Crippen LogP contribution < -0.4 is 0 Å². The molecular weight excluding hydrogens is 280 g/mol. The van der Waals surface area contributed by atoms with Gasteiger partial charge in [-0.1, -0.05) is 32.8 Å². The number of methoxy groups -OCH3 is 1. The Morgan fingerprint density at radius 2 is 1.86 bits per heavy atom. The van der Waals surface area contributed by atoms with Crippen LogP contribution >= 0.6 is 0 Å². The van der Waals surface area contributed by atoms with Crippen molar-refractivity contribution in [3.63, 3.8) is 0 Å². The molecule has 4 nitrogen and oxygen atoms in total. The van der Waals surface area contributed by atoms with Gasteiger partial charge in [-0.3, -0.25) is 0 Å². The van der Waals surface area contributed by atoms with Crippen molar-refractivity contribution in [1.29, 1.82) is 0 Å². The van der Waals surface area contributed by atoms with Crippen LogP contribution in [0.5, 0.6) is 0 Å². The first-order valence-electron chi connectivity index (χ1n) is 8.62. The maximum Gasteiger partial charge on any atom is 0.330 e. The maximum absolute atomic E-state index is 11.4. The predicted octanol–water partition coefficient (Wildman–Crippen LogP) is 4.03. The topological polar surface area (TPSA) is 44.8 Å². The van der Waals surface area contributed by atoms with Crippen LogP contribution in [0, 0.1) is 0 Å². The van der Waals surface area contributed by atoms with Crippen molar-refractivity contribution in [2.24, 2.45) is 0 Å². The summed E-state index contributed by atoms with van der Waals surface area (Å²) in [5, 5.41) is 0. The summed E-state index contributed by atoms with van der Waals surface area (Å²) in [4.78, 5) is 11.4. The zero-order valence-electron chi connectivity index (χ0n) is 14.4. The number of carbonyl (C=O) groups excluding carboxylic acids is 1. The second-order valence-electron chi connectivity index (χ2n) is 6.15. The van der Waals surface area contributed by atoms with Crippen LogP contribution in [0.25, 0.3) is 0 Å². The highest BCUT2D eigenvalue weighted by Crippen LogP contribution is 2.26. The van der Waals surface area contributed by atoms with Crippen molar-refractivity contribution in [2.75, 3.05) is 7.11 Å². The quantitative estimate of drug-likeness (QED) is 0.347. The molecule has 1 rings (SSSR count). The standard InChI is InChI=1S/C18H32O4/c1-5-7-8-9-17(14(3)21-18(19)6-2)22-16-12-10-15(20-4)11-13-16/h6,14-17H,2,5,7-13H2,1,3-4H3. The number of esters is 1. The van der Waals surface area contributed by atoms with Gasteiger partial charge in [-0.2, -0.15) is 0 Å². The normalized spacial score (nSPS) is 24.5. The summed E-state index contributed by atoms with van der Waals surface area (Å²) in [5.74, 6) is -0.375. The van der Waals surface area contributed by atoms with Gasteiger partial charge < -0.3 is 14.2 Å². The van der Waals surface area contributed by atoms with E-state index in [-0.39, 0.29) is 24.3 Å². The lowest BCUT2D eigenvalue weighted by Gasteiger charge is -2.33. The van der Waals surface area contributed by atoms with Crippen molar-refractivity contribution < 1.29 is 19.0 Å². The lowest BCUT2D eigenvalue weighted by molar-refractivity contribution is -0.156. The van der Waals surface area contributed by atoms with E-state index >= 15 is 0 Å². The van der Waals surface area contributed by atoms with Gasteiger partial charge in [0.1, 0.15) is 6.10 Å². The number of rotatable bonds is 10. The zero-order chi connectivity index (χ0) is 16.4. The largest absolute Gasteiger partial charge is 0.457 e. The van der Waals surface area contributed by atoms with Crippen molar-refractivity contribution in [2.45, 2.75) is 89.6 Å². The SMILES string of the molecule is C=CC(=O)OC(C)C(CCCCC)OC1CCC(OC)CC1. The molecule has 128 valence electrons. The van der Waals surface area contributed by atoms with Crippen LogP contribution in [0.15, 0.2) is 12.7 Å². The summed E-state index contributed by atoms with van der Waals surface area (Å²) >= 11 is 0. The minimum atomic E-state index is -0.375. The highest BCUT2D eigenvalue weighted by Gasteiger charge is 2.27. The van der Waals surface area contributed by atoms with Gasteiger partial charge in [-0.25, -0.2) is 4.79 Å². The molecule has 0 aromatic rings. The molecule has 4 heteroatoms. The first kappa shape index (κ1) is 19.2. The molecule has 0 aliphatic heterocycles. The van der Waals surface area contributed by atoms with Gasteiger partial charge in [0, 0.05) is 13.2 Å². The summed E-state index contributed by atoms with van der Waals surface area (Å²) in [6, 6.07) is 0. The first-order chi connectivity index (χ1) is 10.6. The van der Waals surface area contributed by atoms with E-state index in [0.29, 0.717) is 6.10 Å². The Labute approximate surface area is 135 Å². The molecule has 0 radical (unpaired) electrons. The molecule has 0 aromatic carbocycles. The fraction of sp³-hybridized carbons (Fsp3) is 0.833. The molecule has 22 heavy (non-hydrogen) atoms. The highest BCUT2D eigenvalue weighted by molar-refractivity contribution is 5.81. The molecule has 0 aromatic heterocycles. The molecule has 2 atom stereocenters. The Morgan fingerprint density at radius 3 is 2.41 bits per heavy atom. The van der Waals surface area contributed by atoms with Gasteiger partial charge in [0.05, 0.1) is 18.3 Å². The third-order valence-corrected chi connectivity index (χ3v) is 4.41. The van der Waals surface area contributed by atoms with Gasteiger partial charge in [0.15, 0.2) is 0 Å². The zero-order valence-corrected chi connectivity index (χ0v) is 14.4. The van der Waals surface area contributed by atoms with Crippen LogP contribution in [-0.4, -0.2) is 37.5 Å². The Bertz CT molecular complexity index is 321. The fourth-order valence-corrected chi connectivity index (χ4v) is 2.97. The molecular formula is C18H32O4. The third kappa shape index (κ3) is 6.93. The lowest BCUT2D eigenvalue weighted by Crippen LogP contribution is -2.36.